The summed E-state index contributed by atoms with van der Waals surface area (Å²) in [5.41, 5.74) is 0.755. The van der Waals surface area contributed by atoms with Gasteiger partial charge in [-0.25, -0.2) is 18.0 Å². The zero-order chi connectivity index (χ0) is 15.4. The predicted molar refractivity (Wildman–Crippen MR) is 71.4 cm³/mol. The summed E-state index contributed by atoms with van der Waals surface area (Å²) in [6.07, 6.45) is 0. The molecule has 0 aliphatic carbocycles. The number of esters is 1. The Bertz CT molecular complexity index is 674. The van der Waals surface area contributed by atoms with Gasteiger partial charge >= 0.3 is 5.97 Å². The molecule has 0 saturated heterocycles. The van der Waals surface area contributed by atoms with E-state index in [1.807, 2.05) is 0 Å². The largest absolute Gasteiger partial charge is 0.465 e. The lowest BCUT2D eigenvalue weighted by molar-refractivity contribution is 0.0595. The van der Waals surface area contributed by atoms with Gasteiger partial charge in [0.15, 0.2) is 11.6 Å². The molecule has 0 aliphatic rings. The Balaban J connectivity index is 2.08. The summed E-state index contributed by atoms with van der Waals surface area (Å²) >= 11 is 0. The Morgan fingerprint density at radius 2 is 1.81 bits per heavy atom. The first kappa shape index (κ1) is 14.9. The molecule has 0 amide bonds. The van der Waals surface area contributed by atoms with Crippen LogP contribution in [0, 0.1) is 17.5 Å². The molecule has 0 aromatic heterocycles. The average Bonchev–Trinajstić information content (AvgIpc) is 2.48. The second kappa shape index (κ2) is 6.30. The minimum atomic E-state index is -0.966. The van der Waals surface area contributed by atoms with Crippen LogP contribution in [0.3, 0.4) is 0 Å². The summed E-state index contributed by atoms with van der Waals surface area (Å²) in [6.45, 7) is 0.198. The first-order valence-corrected chi connectivity index (χ1v) is 6.07. The van der Waals surface area contributed by atoms with Crippen molar-refractivity contribution < 1.29 is 22.7 Å². The minimum Gasteiger partial charge on any atom is -0.465 e. The molecule has 110 valence electrons. The van der Waals surface area contributed by atoms with Crippen LogP contribution in [0.4, 0.5) is 18.9 Å². The molecule has 3 nitrogen and oxygen atoms in total. The Kier molecular flexibility index (Phi) is 4.47. The van der Waals surface area contributed by atoms with Crippen LogP contribution >= 0.6 is 0 Å². The fourth-order valence-electron chi connectivity index (χ4n) is 1.75. The number of rotatable bonds is 4. The number of ether oxygens (including phenoxy) is 1. The summed E-state index contributed by atoms with van der Waals surface area (Å²) in [6, 6.07) is 7.41. The highest BCUT2D eigenvalue weighted by atomic mass is 19.2. The Morgan fingerprint density at radius 1 is 1.05 bits per heavy atom. The molecule has 0 bridgehead atoms. The van der Waals surface area contributed by atoms with Crippen molar-refractivity contribution in [3.8, 4) is 0 Å². The number of carbonyl (C=O) groups is 1. The van der Waals surface area contributed by atoms with Crippen LogP contribution in [-0.2, 0) is 11.3 Å². The lowest BCUT2D eigenvalue weighted by atomic mass is 10.1. The SMILES string of the molecule is COC(=O)c1ccc(CNc2ccc(F)c(F)c2)cc1F. The van der Waals surface area contributed by atoms with E-state index in [1.165, 1.54) is 25.3 Å². The molecule has 2 aromatic rings. The maximum Gasteiger partial charge on any atom is 0.340 e. The van der Waals surface area contributed by atoms with E-state index in [4.69, 9.17) is 0 Å². The Morgan fingerprint density at radius 3 is 2.43 bits per heavy atom. The Labute approximate surface area is 119 Å². The van der Waals surface area contributed by atoms with Crippen molar-refractivity contribution >= 4 is 11.7 Å². The van der Waals surface area contributed by atoms with Crippen molar-refractivity contribution in [2.75, 3.05) is 12.4 Å². The number of halogens is 3. The third kappa shape index (κ3) is 3.53. The highest BCUT2D eigenvalue weighted by Gasteiger charge is 2.12. The normalized spacial score (nSPS) is 10.3. The van der Waals surface area contributed by atoms with Gasteiger partial charge in [-0.05, 0) is 29.8 Å². The van der Waals surface area contributed by atoms with Gasteiger partial charge < -0.3 is 10.1 Å². The molecular weight excluding hydrogens is 283 g/mol. The van der Waals surface area contributed by atoms with Crippen molar-refractivity contribution in [2.45, 2.75) is 6.54 Å². The van der Waals surface area contributed by atoms with Crippen LogP contribution in [0.1, 0.15) is 15.9 Å². The number of methoxy groups -OCH3 is 1. The van der Waals surface area contributed by atoms with Gasteiger partial charge in [-0.3, -0.25) is 0 Å². The van der Waals surface area contributed by atoms with Crippen molar-refractivity contribution in [1.82, 2.24) is 0 Å². The van der Waals surface area contributed by atoms with E-state index in [0.717, 1.165) is 12.1 Å². The molecular formula is C15H12F3NO2. The maximum atomic E-state index is 13.7. The fraction of sp³-hybridized carbons (Fsp3) is 0.133. The summed E-state index contributed by atoms with van der Waals surface area (Å²) in [5.74, 6) is -3.36. The summed E-state index contributed by atoms with van der Waals surface area (Å²) in [4.78, 5) is 11.2. The monoisotopic (exact) mass is 295 g/mol. The third-order valence-corrected chi connectivity index (χ3v) is 2.86. The number of nitrogens with one attached hydrogen (secondary N) is 1. The molecule has 0 heterocycles. The second-order valence-electron chi connectivity index (χ2n) is 4.29. The Hall–Kier alpha value is -2.50. The molecule has 0 radical (unpaired) electrons. The van der Waals surface area contributed by atoms with E-state index in [0.29, 0.717) is 11.3 Å². The van der Waals surface area contributed by atoms with Gasteiger partial charge in [0, 0.05) is 18.3 Å². The zero-order valence-corrected chi connectivity index (χ0v) is 11.1. The molecule has 6 heteroatoms. The molecule has 0 atom stereocenters. The van der Waals surface area contributed by atoms with E-state index < -0.39 is 23.4 Å². The summed E-state index contributed by atoms with van der Waals surface area (Å²) in [7, 11) is 1.17. The quantitative estimate of drug-likeness (QED) is 0.877. The average molecular weight is 295 g/mol. The molecule has 0 fully saturated rings. The molecule has 2 rings (SSSR count). The summed E-state index contributed by atoms with van der Waals surface area (Å²) < 4.78 is 43.9. The van der Waals surface area contributed by atoms with Crippen LogP contribution in [0.2, 0.25) is 0 Å². The van der Waals surface area contributed by atoms with E-state index in [-0.39, 0.29) is 12.1 Å². The standard InChI is InChI=1S/C15H12F3NO2/c1-21-15(20)11-4-2-9(6-13(11)17)8-19-10-3-5-12(16)14(18)7-10/h2-7,19H,8H2,1H3. The number of hydrogen-bond acceptors (Lipinski definition) is 3. The molecule has 0 spiro atoms. The van der Waals surface area contributed by atoms with Crippen molar-refractivity contribution in [3.05, 3.63) is 65.0 Å². The molecule has 0 unspecified atom stereocenters. The predicted octanol–water partition coefficient (Wildman–Crippen LogP) is 3.50. The molecule has 0 saturated carbocycles. The van der Waals surface area contributed by atoms with Gasteiger partial charge in [0.25, 0.3) is 0 Å². The highest BCUT2D eigenvalue weighted by molar-refractivity contribution is 5.89. The van der Waals surface area contributed by atoms with Gasteiger partial charge in [-0.15, -0.1) is 0 Å². The van der Waals surface area contributed by atoms with Crippen LogP contribution in [0.25, 0.3) is 0 Å². The van der Waals surface area contributed by atoms with Gasteiger partial charge in [-0.1, -0.05) is 6.07 Å². The number of benzene rings is 2. The smallest absolute Gasteiger partial charge is 0.340 e. The van der Waals surface area contributed by atoms with Crippen LogP contribution in [0.5, 0.6) is 0 Å². The van der Waals surface area contributed by atoms with Gasteiger partial charge in [0.05, 0.1) is 12.7 Å². The number of hydrogen-bond donors (Lipinski definition) is 1. The first-order valence-electron chi connectivity index (χ1n) is 6.07. The fourth-order valence-corrected chi connectivity index (χ4v) is 1.75. The lowest BCUT2D eigenvalue weighted by Crippen LogP contribution is -2.06. The molecule has 0 aliphatic heterocycles. The highest BCUT2D eigenvalue weighted by Crippen LogP contribution is 2.16. The van der Waals surface area contributed by atoms with Crippen LogP contribution in [-0.4, -0.2) is 13.1 Å². The van der Waals surface area contributed by atoms with Crippen LogP contribution < -0.4 is 5.32 Å². The second-order valence-corrected chi connectivity index (χ2v) is 4.29. The van der Waals surface area contributed by atoms with Crippen molar-refractivity contribution in [2.24, 2.45) is 0 Å². The lowest BCUT2D eigenvalue weighted by Gasteiger charge is -2.08. The third-order valence-electron chi connectivity index (χ3n) is 2.86. The molecule has 2 aromatic carbocycles. The van der Waals surface area contributed by atoms with Crippen molar-refractivity contribution in [3.63, 3.8) is 0 Å². The maximum absolute atomic E-state index is 13.7. The minimum absolute atomic E-state index is 0.158. The first-order chi connectivity index (χ1) is 10.0. The van der Waals surface area contributed by atoms with Gasteiger partial charge in [0.2, 0.25) is 0 Å². The van der Waals surface area contributed by atoms with E-state index in [9.17, 15) is 18.0 Å². The van der Waals surface area contributed by atoms with Crippen molar-refractivity contribution in [1.29, 1.82) is 0 Å². The van der Waals surface area contributed by atoms with Gasteiger partial charge in [0.1, 0.15) is 5.82 Å². The van der Waals surface area contributed by atoms with E-state index >= 15 is 0 Å². The number of anilines is 1. The van der Waals surface area contributed by atoms with E-state index in [1.54, 1.807) is 6.07 Å². The summed E-state index contributed by atoms with van der Waals surface area (Å²) in [5, 5.41) is 2.83. The zero-order valence-electron chi connectivity index (χ0n) is 11.1. The molecule has 1 N–H and O–H groups in total. The number of carbonyl (C=O) groups excluding carboxylic acids is 1. The van der Waals surface area contributed by atoms with Crippen LogP contribution in [0.15, 0.2) is 36.4 Å². The molecule has 21 heavy (non-hydrogen) atoms. The topological polar surface area (TPSA) is 38.3 Å². The van der Waals surface area contributed by atoms with E-state index in [2.05, 4.69) is 10.1 Å². The van der Waals surface area contributed by atoms with Gasteiger partial charge in [-0.2, -0.15) is 0 Å².